The van der Waals surface area contributed by atoms with Crippen LogP contribution in [0.4, 0.5) is 5.69 Å². The molecule has 1 aromatic rings. The van der Waals surface area contributed by atoms with Crippen molar-refractivity contribution in [1.29, 1.82) is 0 Å². The Morgan fingerprint density at radius 2 is 2.21 bits per heavy atom. The molecule has 0 atom stereocenters. The standard InChI is InChI=1S/C13H20N4O2/c1-9-7-12(16-14)11(8-15-9)13(18)17(2)10-3-5-19-6-4-10/h7-8,10H,3-6,14H2,1-2H3,(H,15,16). The number of nitrogen functional groups attached to an aromatic ring is 1. The first-order valence-corrected chi connectivity index (χ1v) is 6.41. The van der Waals surface area contributed by atoms with E-state index in [1.165, 1.54) is 0 Å². The van der Waals surface area contributed by atoms with Gasteiger partial charge in [0.25, 0.3) is 5.91 Å². The second kappa shape index (κ2) is 5.99. The lowest BCUT2D eigenvalue weighted by Crippen LogP contribution is -2.41. The highest BCUT2D eigenvalue weighted by molar-refractivity contribution is 5.99. The number of aryl methyl sites for hydroxylation is 1. The second-order valence-electron chi connectivity index (χ2n) is 4.78. The smallest absolute Gasteiger partial charge is 0.257 e. The molecule has 0 spiro atoms. The molecule has 0 aliphatic carbocycles. The lowest BCUT2D eigenvalue weighted by atomic mass is 10.1. The Morgan fingerprint density at radius 3 is 2.84 bits per heavy atom. The number of rotatable bonds is 3. The van der Waals surface area contributed by atoms with Gasteiger partial charge in [-0.1, -0.05) is 0 Å². The number of carbonyl (C=O) groups excluding carboxylic acids is 1. The van der Waals surface area contributed by atoms with Crippen molar-refractivity contribution in [2.45, 2.75) is 25.8 Å². The number of nitrogens with two attached hydrogens (primary N) is 1. The number of nitrogens with one attached hydrogen (secondary N) is 1. The first-order chi connectivity index (χ1) is 9.13. The Hall–Kier alpha value is -1.66. The van der Waals surface area contributed by atoms with Crippen LogP contribution in [0.15, 0.2) is 12.3 Å². The summed E-state index contributed by atoms with van der Waals surface area (Å²) in [6, 6.07) is 1.98. The fourth-order valence-corrected chi connectivity index (χ4v) is 2.28. The fourth-order valence-electron chi connectivity index (χ4n) is 2.28. The van der Waals surface area contributed by atoms with Crippen LogP contribution < -0.4 is 11.3 Å². The zero-order chi connectivity index (χ0) is 13.8. The maximum Gasteiger partial charge on any atom is 0.257 e. The summed E-state index contributed by atoms with van der Waals surface area (Å²) < 4.78 is 5.31. The second-order valence-corrected chi connectivity index (χ2v) is 4.78. The van der Waals surface area contributed by atoms with Crippen LogP contribution in [0.3, 0.4) is 0 Å². The van der Waals surface area contributed by atoms with Crippen molar-refractivity contribution < 1.29 is 9.53 Å². The monoisotopic (exact) mass is 264 g/mol. The van der Waals surface area contributed by atoms with Gasteiger partial charge in [0.05, 0.1) is 11.3 Å². The molecule has 3 N–H and O–H groups in total. The third kappa shape index (κ3) is 3.02. The van der Waals surface area contributed by atoms with Gasteiger partial charge in [-0.05, 0) is 25.8 Å². The molecule has 6 heteroatoms. The van der Waals surface area contributed by atoms with Crippen LogP contribution in [0.5, 0.6) is 0 Å². The summed E-state index contributed by atoms with van der Waals surface area (Å²) in [5.74, 6) is 5.40. The van der Waals surface area contributed by atoms with Gasteiger partial charge in [0.15, 0.2) is 0 Å². The van der Waals surface area contributed by atoms with Crippen molar-refractivity contribution in [2.24, 2.45) is 5.84 Å². The van der Waals surface area contributed by atoms with Crippen molar-refractivity contribution >= 4 is 11.6 Å². The van der Waals surface area contributed by atoms with Crippen LogP contribution in [0.1, 0.15) is 28.9 Å². The lowest BCUT2D eigenvalue weighted by molar-refractivity contribution is 0.0362. The molecule has 1 aromatic heterocycles. The number of anilines is 1. The molecular formula is C13H20N4O2. The predicted molar refractivity (Wildman–Crippen MR) is 72.7 cm³/mol. The largest absolute Gasteiger partial charge is 0.381 e. The molecule has 2 rings (SSSR count). The molecule has 0 unspecified atom stereocenters. The zero-order valence-corrected chi connectivity index (χ0v) is 11.3. The maximum atomic E-state index is 12.5. The molecular weight excluding hydrogens is 244 g/mol. The van der Waals surface area contributed by atoms with Crippen LogP contribution in [0.25, 0.3) is 0 Å². The van der Waals surface area contributed by atoms with E-state index in [4.69, 9.17) is 10.6 Å². The van der Waals surface area contributed by atoms with Crippen molar-refractivity contribution in [3.63, 3.8) is 0 Å². The van der Waals surface area contributed by atoms with E-state index in [1.54, 1.807) is 17.2 Å². The predicted octanol–water partition coefficient (Wildman–Crippen LogP) is 0.927. The van der Waals surface area contributed by atoms with Crippen LogP contribution >= 0.6 is 0 Å². The molecule has 1 aliphatic heterocycles. The van der Waals surface area contributed by atoms with E-state index in [0.717, 1.165) is 18.5 Å². The average molecular weight is 264 g/mol. The molecule has 19 heavy (non-hydrogen) atoms. The Bertz CT molecular complexity index is 458. The number of pyridine rings is 1. The summed E-state index contributed by atoms with van der Waals surface area (Å²) >= 11 is 0. The number of hydrogen-bond donors (Lipinski definition) is 2. The first-order valence-electron chi connectivity index (χ1n) is 6.41. The molecule has 0 saturated carbocycles. The van der Waals surface area contributed by atoms with Crippen molar-refractivity contribution in [1.82, 2.24) is 9.88 Å². The van der Waals surface area contributed by atoms with Crippen LogP contribution in [0, 0.1) is 6.92 Å². The molecule has 6 nitrogen and oxygen atoms in total. The van der Waals surface area contributed by atoms with Gasteiger partial charge in [-0.25, -0.2) is 0 Å². The number of hydrazine groups is 1. The SMILES string of the molecule is Cc1cc(NN)c(C(=O)N(C)C2CCOCC2)cn1. The van der Waals surface area contributed by atoms with E-state index in [2.05, 4.69) is 10.4 Å². The van der Waals surface area contributed by atoms with Crippen LogP contribution in [-0.4, -0.2) is 42.1 Å². The van der Waals surface area contributed by atoms with Gasteiger partial charge >= 0.3 is 0 Å². The zero-order valence-electron chi connectivity index (χ0n) is 11.3. The van der Waals surface area contributed by atoms with Crippen LogP contribution in [-0.2, 0) is 4.74 Å². The van der Waals surface area contributed by atoms with Gasteiger partial charge in [0.1, 0.15) is 0 Å². The number of ether oxygens (including phenoxy) is 1. The fraction of sp³-hybridized carbons (Fsp3) is 0.538. The maximum absolute atomic E-state index is 12.5. The summed E-state index contributed by atoms with van der Waals surface area (Å²) in [5, 5.41) is 0. The van der Waals surface area contributed by atoms with Crippen molar-refractivity contribution in [3.05, 3.63) is 23.5 Å². The van der Waals surface area contributed by atoms with Gasteiger partial charge < -0.3 is 15.1 Å². The Morgan fingerprint density at radius 1 is 1.53 bits per heavy atom. The van der Waals surface area contributed by atoms with E-state index in [1.807, 2.05) is 14.0 Å². The number of amides is 1. The quantitative estimate of drug-likeness (QED) is 0.627. The molecule has 1 aliphatic rings. The Labute approximate surface area is 112 Å². The molecule has 2 heterocycles. The number of aromatic nitrogens is 1. The molecule has 0 bridgehead atoms. The summed E-state index contributed by atoms with van der Waals surface area (Å²) in [4.78, 5) is 18.4. The minimum Gasteiger partial charge on any atom is -0.381 e. The highest BCUT2D eigenvalue weighted by Gasteiger charge is 2.25. The molecule has 104 valence electrons. The molecule has 0 aromatic carbocycles. The van der Waals surface area contributed by atoms with Gasteiger partial charge in [0, 0.05) is 38.2 Å². The van der Waals surface area contributed by atoms with Crippen LogP contribution in [0.2, 0.25) is 0 Å². The average Bonchev–Trinajstić information content (AvgIpc) is 2.46. The van der Waals surface area contributed by atoms with Crippen molar-refractivity contribution in [3.8, 4) is 0 Å². The molecule has 0 radical (unpaired) electrons. The van der Waals surface area contributed by atoms with Gasteiger partial charge in [-0.2, -0.15) is 0 Å². The minimum atomic E-state index is -0.0626. The first kappa shape index (κ1) is 13.8. The third-order valence-electron chi connectivity index (χ3n) is 3.49. The van der Waals surface area contributed by atoms with E-state index in [-0.39, 0.29) is 11.9 Å². The summed E-state index contributed by atoms with van der Waals surface area (Å²) in [5.41, 5.74) is 4.49. The summed E-state index contributed by atoms with van der Waals surface area (Å²) in [7, 11) is 1.82. The third-order valence-corrected chi connectivity index (χ3v) is 3.49. The van der Waals surface area contributed by atoms with E-state index < -0.39 is 0 Å². The van der Waals surface area contributed by atoms with E-state index >= 15 is 0 Å². The van der Waals surface area contributed by atoms with Gasteiger partial charge in [0.2, 0.25) is 0 Å². The van der Waals surface area contributed by atoms with Crippen molar-refractivity contribution in [2.75, 3.05) is 25.7 Å². The van der Waals surface area contributed by atoms with E-state index in [9.17, 15) is 4.79 Å². The topological polar surface area (TPSA) is 80.5 Å². The number of hydrogen-bond acceptors (Lipinski definition) is 5. The number of carbonyl (C=O) groups is 1. The minimum absolute atomic E-state index is 0.0626. The van der Waals surface area contributed by atoms with Gasteiger partial charge in [-0.3, -0.25) is 15.6 Å². The highest BCUT2D eigenvalue weighted by Crippen LogP contribution is 2.20. The lowest BCUT2D eigenvalue weighted by Gasteiger charge is -2.31. The van der Waals surface area contributed by atoms with E-state index in [0.29, 0.717) is 24.5 Å². The summed E-state index contributed by atoms with van der Waals surface area (Å²) in [6.45, 7) is 3.27. The molecule has 1 saturated heterocycles. The highest BCUT2D eigenvalue weighted by atomic mass is 16.5. The molecule has 1 fully saturated rings. The van der Waals surface area contributed by atoms with Gasteiger partial charge in [-0.15, -0.1) is 0 Å². The normalized spacial score (nSPS) is 16.2. The summed E-state index contributed by atoms with van der Waals surface area (Å²) in [6.07, 6.45) is 3.31. The Kier molecular flexibility index (Phi) is 4.34. The molecule has 1 amide bonds. The number of nitrogens with zero attached hydrogens (tertiary/aromatic N) is 2. The Balaban J connectivity index is 2.18.